The van der Waals surface area contributed by atoms with Crippen LogP contribution in [0.3, 0.4) is 0 Å². The summed E-state index contributed by atoms with van der Waals surface area (Å²) < 4.78 is 32.4. The predicted molar refractivity (Wildman–Crippen MR) is 92.0 cm³/mol. The number of para-hydroxylation sites is 1. The Morgan fingerprint density at radius 2 is 2.00 bits per heavy atom. The third kappa shape index (κ3) is 3.08. The fourth-order valence-corrected chi connectivity index (χ4v) is 5.48. The molecule has 1 aromatic heterocycles. The molecular formula is C17H23N3O3S. The number of benzene rings is 1. The summed E-state index contributed by atoms with van der Waals surface area (Å²) in [5.74, 6) is 0.517. The topological polar surface area (TPSA) is 75.4 Å². The van der Waals surface area contributed by atoms with E-state index in [2.05, 4.69) is 10.5 Å². The van der Waals surface area contributed by atoms with Gasteiger partial charge in [-0.2, -0.15) is 0 Å². The second kappa shape index (κ2) is 6.46. The summed E-state index contributed by atoms with van der Waals surface area (Å²) >= 11 is 0. The Balaban J connectivity index is 1.44. The van der Waals surface area contributed by atoms with E-state index in [1.807, 2.05) is 18.2 Å². The second-order valence-corrected chi connectivity index (χ2v) is 8.79. The highest BCUT2D eigenvalue weighted by molar-refractivity contribution is 7.88. The lowest BCUT2D eigenvalue weighted by atomic mass is 9.89. The van der Waals surface area contributed by atoms with Crippen molar-refractivity contribution in [3.8, 4) is 0 Å². The molecule has 0 saturated carbocycles. The van der Waals surface area contributed by atoms with E-state index >= 15 is 0 Å². The first-order chi connectivity index (χ1) is 11.6. The van der Waals surface area contributed by atoms with E-state index in [0.29, 0.717) is 36.3 Å². The standard InChI is InChI=1S/C17H23N3O3S/c21-24(22,12-16-14-4-1-2-6-17(14)23-19-16)20-10-7-13(8-11-20)15-5-3-9-18-15/h1-2,4,6,13,15,18H,3,5,7-12H2. The van der Waals surface area contributed by atoms with Gasteiger partial charge in [-0.25, -0.2) is 12.7 Å². The SMILES string of the molecule is O=S(=O)(Cc1noc2ccccc12)N1CCC(C2CCCN2)CC1. The van der Waals surface area contributed by atoms with E-state index in [1.165, 1.54) is 12.8 Å². The van der Waals surface area contributed by atoms with Gasteiger partial charge in [0.2, 0.25) is 10.0 Å². The maximum atomic E-state index is 12.8. The largest absolute Gasteiger partial charge is 0.356 e. The Labute approximate surface area is 142 Å². The van der Waals surface area contributed by atoms with Crippen LogP contribution in [0.5, 0.6) is 0 Å². The highest BCUT2D eigenvalue weighted by Crippen LogP contribution is 2.28. The Morgan fingerprint density at radius 1 is 1.21 bits per heavy atom. The molecule has 6 nitrogen and oxygen atoms in total. The average Bonchev–Trinajstić information content (AvgIpc) is 3.25. The van der Waals surface area contributed by atoms with Crippen molar-refractivity contribution in [2.75, 3.05) is 19.6 Å². The maximum absolute atomic E-state index is 12.8. The Bertz CT molecular complexity index is 803. The average molecular weight is 349 g/mol. The lowest BCUT2D eigenvalue weighted by molar-refractivity contribution is 0.234. The van der Waals surface area contributed by atoms with Crippen LogP contribution in [0.2, 0.25) is 0 Å². The van der Waals surface area contributed by atoms with Gasteiger partial charge < -0.3 is 9.84 Å². The Morgan fingerprint density at radius 3 is 2.75 bits per heavy atom. The number of aromatic nitrogens is 1. The first kappa shape index (κ1) is 16.1. The lowest BCUT2D eigenvalue weighted by Crippen LogP contribution is -2.43. The van der Waals surface area contributed by atoms with Gasteiger partial charge in [-0.05, 0) is 50.3 Å². The molecule has 2 aliphatic rings. The number of hydrogen-bond acceptors (Lipinski definition) is 5. The first-order valence-corrected chi connectivity index (χ1v) is 10.3. The number of sulfonamides is 1. The Hall–Kier alpha value is -1.44. The molecule has 0 aliphatic carbocycles. The van der Waals surface area contributed by atoms with Crippen LogP contribution in [0, 0.1) is 5.92 Å². The van der Waals surface area contributed by atoms with Crippen LogP contribution in [0.4, 0.5) is 0 Å². The number of nitrogens with one attached hydrogen (secondary N) is 1. The first-order valence-electron chi connectivity index (χ1n) is 8.68. The molecule has 1 atom stereocenters. The van der Waals surface area contributed by atoms with Gasteiger partial charge in [-0.3, -0.25) is 0 Å². The number of hydrogen-bond donors (Lipinski definition) is 1. The van der Waals surface area contributed by atoms with E-state index in [1.54, 1.807) is 10.4 Å². The zero-order chi connectivity index (χ0) is 16.6. The minimum absolute atomic E-state index is 0.0869. The smallest absolute Gasteiger partial charge is 0.220 e. The molecule has 2 aromatic rings. The molecule has 130 valence electrons. The molecule has 0 spiro atoms. The van der Waals surface area contributed by atoms with E-state index < -0.39 is 10.0 Å². The van der Waals surface area contributed by atoms with E-state index in [0.717, 1.165) is 24.8 Å². The number of nitrogens with zero attached hydrogens (tertiary/aromatic N) is 2. The molecule has 1 unspecified atom stereocenters. The van der Waals surface area contributed by atoms with Gasteiger partial charge in [0, 0.05) is 24.5 Å². The third-order valence-electron chi connectivity index (χ3n) is 5.33. The van der Waals surface area contributed by atoms with Gasteiger partial charge in [0.25, 0.3) is 0 Å². The summed E-state index contributed by atoms with van der Waals surface area (Å²) in [6.07, 6.45) is 4.34. The highest BCUT2D eigenvalue weighted by atomic mass is 32.2. The quantitative estimate of drug-likeness (QED) is 0.915. The molecule has 7 heteroatoms. The van der Waals surface area contributed by atoms with Gasteiger partial charge in [0.05, 0.1) is 0 Å². The molecule has 1 aromatic carbocycles. The summed E-state index contributed by atoms with van der Waals surface area (Å²) in [6, 6.07) is 7.96. The van der Waals surface area contributed by atoms with E-state index in [-0.39, 0.29) is 5.75 Å². The summed E-state index contributed by atoms with van der Waals surface area (Å²) in [5, 5.41) is 8.29. The van der Waals surface area contributed by atoms with Gasteiger partial charge in [-0.15, -0.1) is 0 Å². The predicted octanol–water partition coefficient (Wildman–Crippen LogP) is 2.12. The summed E-state index contributed by atoms with van der Waals surface area (Å²) in [6.45, 7) is 2.32. The number of rotatable bonds is 4. The number of piperidine rings is 1. The van der Waals surface area contributed by atoms with Crippen LogP contribution in [0.1, 0.15) is 31.4 Å². The minimum atomic E-state index is -3.35. The molecule has 1 N–H and O–H groups in total. The molecule has 2 fully saturated rings. The maximum Gasteiger partial charge on any atom is 0.220 e. The normalized spacial score (nSPS) is 23.9. The summed E-state index contributed by atoms with van der Waals surface area (Å²) in [7, 11) is -3.35. The zero-order valence-electron chi connectivity index (χ0n) is 13.6. The molecule has 0 bridgehead atoms. The van der Waals surface area contributed by atoms with Gasteiger partial charge >= 0.3 is 0 Å². The molecule has 24 heavy (non-hydrogen) atoms. The Kier molecular flexibility index (Phi) is 4.32. The molecular weight excluding hydrogens is 326 g/mol. The van der Waals surface area contributed by atoms with E-state index in [4.69, 9.17) is 4.52 Å². The van der Waals surface area contributed by atoms with Crippen LogP contribution >= 0.6 is 0 Å². The molecule has 4 rings (SSSR count). The van der Waals surface area contributed by atoms with Crippen molar-refractivity contribution in [2.24, 2.45) is 5.92 Å². The minimum Gasteiger partial charge on any atom is -0.356 e. The third-order valence-corrected chi connectivity index (χ3v) is 7.12. The van der Waals surface area contributed by atoms with Crippen molar-refractivity contribution in [1.82, 2.24) is 14.8 Å². The van der Waals surface area contributed by atoms with Crippen molar-refractivity contribution in [3.63, 3.8) is 0 Å². The second-order valence-electron chi connectivity index (χ2n) is 6.82. The van der Waals surface area contributed by atoms with Gasteiger partial charge in [0.1, 0.15) is 11.4 Å². The number of fused-ring (bicyclic) bond motifs is 1. The highest BCUT2D eigenvalue weighted by Gasteiger charge is 2.33. The molecule has 0 amide bonds. The van der Waals surface area contributed by atoms with Crippen molar-refractivity contribution in [3.05, 3.63) is 30.0 Å². The summed E-state index contributed by atoms with van der Waals surface area (Å²) in [4.78, 5) is 0. The molecule has 0 radical (unpaired) electrons. The van der Waals surface area contributed by atoms with Crippen molar-refractivity contribution < 1.29 is 12.9 Å². The van der Waals surface area contributed by atoms with Crippen LogP contribution in [-0.4, -0.2) is 43.6 Å². The van der Waals surface area contributed by atoms with E-state index in [9.17, 15) is 8.42 Å². The van der Waals surface area contributed by atoms with Gasteiger partial charge in [0.15, 0.2) is 5.58 Å². The van der Waals surface area contributed by atoms with Gasteiger partial charge in [-0.1, -0.05) is 17.3 Å². The van der Waals surface area contributed by atoms with Crippen LogP contribution in [0.15, 0.2) is 28.8 Å². The fraction of sp³-hybridized carbons (Fsp3) is 0.588. The van der Waals surface area contributed by atoms with Crippen LogP contribution in [-0.2, 0) is 15.8 Å². The lowest BCUT2D eigenvalue weighted by Gasteiger charge is -2.34. The zero-order valence-corrected chi connectivity index (χ0v) is 14.5. The summed E-state index contributed by atoms with van der Waals surface area (Å²) in [5.41, 5.74) is 1.14. The monoisotopic (exact) mass is 349 g/mol. The van der Waals surface area contributed by atoms with Crippen molar-refractivity contribution in [2.45, 2.75) is 37.5 Å². The molecule has 2 aliphatic heterocycles. The molecule has 3 heterocycles. The van der Waals surface area contributed by atoms with Crippen LogP contribution in [0.25, 0.3) is 11.0 Å². The van der Waals surface area contributed by atoms with Crippen molar-refractivity contribution in [1.29, 1.82) is 0 Å². The fourth-order valence-electron chi connectivity index (χ4n) is 3.98. The molecule has 2 saturated heterocycles. The van der Waals surface area contributed by atoms with Crippen LogP contribution < -0.4 is 5.32 Å². The van der Waals surface area contributed by atoms with Crippen molar-refractivity contribution >= 4 is 21.0 Å².